The highest BCUT2D eigenvalue weighted by molar-refractivity contribution is 7.00. The molecular weight excluding hydrogens is 262 g/mol. The Kier molecular flexibility index (Phi) is 4.49. The van der Waals surface area contributed by atoms with Crippen molar-refractivity contribution in [3.8, 4) is 0 Å². The maximum Gasteiger partial charge on any atom is 0.129 e. The molecule has 0 spiro atoms. The van der Waals surface area contributed by atoms with Crippen LogP contribution >= 0.6 is 23.3 Å². The molecule has 1 heterocycles. The number of halogens is 1. The Labute approximate surface area is 108 Å². The van der Waals surface area contributed by atoms with Gasteiger partial charge in [0.1, 0.15) is 11.0 Å². The molecule has 0 saturated heterocycles. The van der Waals surface area contributed by atoms with Crippen LogP contribution < -0.4 is 5.32 Å². The normalized spacial score (nSPS) is 10.9. The number of aliphatic hydroxyl groups excluding tert-OH is 1. The highest BCUT2D eigenvalue weighted by Crippen LogP contribution is 2.29. The third-order valence-corrected chi connectivity index (χ3v) is 3.02. The number of hydrogen-bond acceptors (Lipinski definition) is 6. The SMILES string of the molecule is OCCOCCNc1c(Cl)ccc2nsnc12. The molecule has 1 aromatic heterocycles. The zero-order valence-electron chi connectivity index (χ0n) is 9.02. The van der Waals surface area contributed by atoms with Gasteiger partial charge in [-0.15, -0.1) is 0 Å². The fourth-order valence-electron chi connectivity index (χ4n) is 1.41. The van der Waals surface area contributed by atoms with Crippen molar-refractivity contribution in [3.05, 3.63) is 17.2 Å². The first-order chi connectivity index (χ1) is 8.33. The van der Waals surface area contributed by atoms with Crippen molar-refractivity contribution in [2.75, 3.05) is 31.7 Å². The quantitative estimate of drug-likeness (QED) is 0.785. The summed E-state index contributed by atoms with van der Waals surface area (Å²) in [5.74, 6) is 0. The predicted molar refractivity (Wildman–Crippen MR) is 68.8 cm³/mol. The Morgan fingerprint density at radius 2 is 2.24 bits per heavy atom. The molecule has 92 valence electrons. The minimum Gasteiger partial charge on any atom is -0.394 e. The van der Waals surface area contributed by atoms with E-state index in [-0.39, 0.29) is 6.61 Å². The molecule has 0 radical (unpaired) electrons. The molecule has 2 rings (SSSR count). The topological polar surface area (TPSA) is 67.3 Å². The summed E-state index contributed by atoms with van der Waals surface area (Å²) in [5.41, 5.74) is 2.40. The average molecular weight is 274 g/mol. The third-order valence-electron chi connectivity index (χ3n) is 2.16. The maximum absolute atomic E-state index is 8.56. The smallest absolute Gasteiger partial charge is 0.129 e. The zero-order chi connectivity index (χ0) is 12.1. The van der Waals surface area contributed by atoms with Gasteiger partial charge < -0.3 is 15.2 Å². The first kappa shape index (κ1) is 12.5. The molecule has 0 bridgehead atoms. The summed E-state index contributed by atoms with van der Waals surface area (Å²) in [6.45, 7) is 1.49. The summed E-state index contributed by atoms with van der Waals surface area (Å²) < 4.78 is 13.5. The zero-order valence-corrected chi connectivity index (χ0v) is 10.6. The molecular formula is C10H12ClN3O2S. The molecule has 2 N–H and O–H groups in total. The predicted octanol–water partition coefficient (Wildman–Crippen LogP) is 1.77. The second-order valence-electron chi connectivity index (χ2n) is 3.32. The van der Waals surface area contributed by atoms with Crippen molar-refractivity contribution in [2.24, 2.45) is 0 Å². The summed E-state index contributed by atoms with van der Waals surface area (Å²) in [7, 11) is 0. The van der Waals surface area contributed by atoms with Crippen LogP contribution in [0.3, 0.4) is 0 Å². The molecule has 0 atom stereocenters. The average Bonchev–Trinajstić information content (AvgIpc) is 2.79. The van der Waals surface area contributed by atoms with Gasteiger partial charge in [0, 0.05) is 6.54 Å². The van der Waals surface area contributed by atoms with E-state index in [1.165, 1.54) is 0 Å². The van der Waals surface area contributed by atoms with E-state index in [0.717, 1.165) is 28.4 Å². The Hall–Kier alpha value is -0.950. The lowest BCUT2D eigenvalue weighted by molar-refractivity contribution is 0.0992. The molecule has 0 amide bonds. The molecule has 1 aromatic carbocycles. The van der Waals surface area contributed by atoms with E-state index in [4.69, 9.17) is 21.4 Å². The number of nitrogens with one attached hydrogen (secondary N) is 1. The summed E-state index contributed by atoms with van der Waals surface area (Å²) >= 11 is 7.25. The second kappa shape index (κ2) is 6.11. The fourth-order valence-corrected chi connectivity index (χ4v) is 2.17. The van der Waals surface area contributed by atoms with Crippen molar-refractivity contribution in [3.63, 3.8) is 0 Å². The number of aliphatic hydroxyl groups is 1. The first-order valence-corrected chi connectivity index (χ1v) is 6.27. The van der Waals surface area contributed by atoms with Gasteiger partial charge in [0.15, 0.2) is 0 Å². The van der Waals surface area contributed by atoms with Crippen LogP contribution in [0.25, 0.3) is 11.0 Å². The number of anilines is 1. The molecule has 0 aliphatic rings. The lowest BCUT2D eigenvalue weighted by atomic mass is 10.2. The maximum atomic E-state index is 8.56. The van der Waals surface area contributed by atoms with Gasteiger partial charge >= 0.3 is 0 Å². The summed E-state index contributed by atoms with van der Waals surface area (Å²) in [4.78, 5) is 0. The van der Waals surface area contributed by atoms with Gasteiger partial charge in [-0.2, -0.15) is 8.75 Å². The highest BCUT2D eigenvalue weighted by atomic mass is 35.5. The number of aromatic nitrogens is 2. The van der Waals surface area contributed by atoms with E-state index >= 15 is 0 Å². The Balaban J connectivity index is 2.02. The minimum atomic E-state index is 0.0341. The van der Waals surface area contributed by atoms with Crippen LogP contribution in [0, 0.1) is 0 Å². The molecule has 0 aliphatic carbocycles. The largest absolute Gasteiger partial charge is 0.394 e. The molecule has 5 nitrogen and oxygen atoms in total. The molecule has 0 unspecified atom stereocenters. The first-order valence-electron chi connectivity index (χ1n) is 5.16. The van der Waals surface area contributed by atoms with Crippen LogP contribution in [-0.4, -0.2) is 40.2 Å². The monoisotopic (exact) mass is 273 g/mol. The number of ether oxygens (including phenoxy) is 1. The van der Waals surface area contributed by atoms with Gasteiger partial charge in [-0.25, -0.2) is 0 Å². The van der Waals surface area contributed by atoms with Crippen molar-refractivity contribution < 1.29 is 9.84 Å². The van der Waals surface area contributed by atoms with Crippen molar-refractivity contribution in [1.29, 1.82) is 0 Å². The van der Waals surface area contributed by atoms with E-state index in [9.17, 15) is 0 Å². The van der Waals surface area contributed by atoms with Gasteiger partial charge in [0.2, 0.25) is 0 Å². The van der Waals surface area contributed by atoms with E-state index in [1.54, 1.807) is 6.07 Å². The number of hydrogen-bond donors (Lipinski definition) is 2. The van der Waals surface area contributed by atoms with Crippen LogP contribution in [0.1, 0.15) is 0 Å². The third kappa shape index (κ3) is 3.04. The molecule has 0 aliphatic heterocycles. The minimum absolute atomic E-state index is 0.0341. The standard InChI is InChI=1S/C10H12ClN3O2S/c11-7-1-2-8-10(14-17-13-8)9(7)12-3-5-16-6-4-15/h1-2,12,15H,3-6H2. The van der Waals surface area contributed by atoms with Gasteiger partial charge in [-0.3, -0.25) is 0 Å². The van der Waals surface area contributed by atoms with Crippen LogP contribution in [0.2, 0.25) is 5.02 Å². The lowest BCUT2D eigenvalue weighted by Crippen LogP contribution is -2.11. The molecule has 0 saturated carbocycles. The van der Waals surface area contributed by atoms with Crippen molar-refractivity contribution >= 4 is 40.0 Å². The molecule has 7 heteroatoms. The van der Waals surface area contributed by atoms with Crippen LogP contribution in [-0.2, 0) is 4.74 Å². The van der Waals surface area contributed by atoms with Crippen LogP contribution in [0.5, 0.6) is 0 Å². The highest BCUT2D eigenvalue weighted by Gasteiger charge is 2.08. The van der Waals surface area contributed by atoms with Crippen LogP contribution in [0.15, 0.2) is 12.1 Å². The van der Waals surface area contributed by atoms with Crippen molar-refractivity contribution in [2.45, 2.75) is 0 Å². The lowest BCUT2D eigenvalue weighted by Gasteiger charge is -2.08. The van der Waals surface area contributed by atoms with Gasteiger partial charge in [-0.1, -0.05) is 11.6 Å². The Morgan fingerprint density at radius 1 is 1.35 bits per heavy atom. The van der Waals surface area contributed by atoms with Gasteiger partial charge in [-0.05, 0) is 12.1 Å². The molecule has 17 heavy (non-hydrogen) atoms. The van der Waals surface area contributed by atoms with Gasteiger partial charge in [0.05, 0.1) is 42.3 Å². The van der Waals surface area contributed by atoms with E-state index in [2.05, 4.69) is 14.1 Å². The van der Waals surface area contributed by atoms with E-state index < -0.39 is 0 Å². The number of benzene rings is 1. The number of nitrogens with zero attached hydrogens (tertiary/aromatic N) is 2. The number of fused-ring (bicyclic) bond motifs is 1. The van der Waals surface area contributed by atoms with Gasteiger partial charge in [0.25, 0.3) is 0 Å². The van der Waals surface area contributed by atoms with E-state index in [0.29, 0.717) is 24.8 Å². The molecule has 0 fully saturated rings. The van der Waals surface area contributed by atoms with Crippen molar-refractivity contribution in [1.82, 2.24) is 8.75 Å². The molecule has 2 aromatic rings. The summed E-state index contributed by atoms with van der Waals surface area (Å²) in [6.07, 6.45) is 0. The summed E-state index contributed by atoms with van der Waals surface area (Å²) in [5, 5.41) is 12.3. The summed E-state index contributed by atoms with van der Waals surface area (Å²) in [6, 6.07) is 3.64. The van der Waals surface area contributed by atoms with E-state index in [1.807, 2.05) is 6.07 Å². The number of rotatable bonds is 6. The van der Waals surface area contributed by atoms with Crippen LogP contribution in [0.4, 0.5) is 5.69 Å². The fraction of sp³-hybridized carbons (Fsp3) is 0.400. The Morgan fingerprint density at radius 3 is 3.06 bits per heavy atom. The second-order valence-corrected chi connectivity index (χ2v) is 4.25. The Bertz CT molecular complexity index is 491.